The Morgan fingerprint density at radius 2 is 1.75 bits per heavy atom. The van der Waals surface area contributed by atoms with Crippen molar-refractivity contribution >= 4 is 34.9 Å². The first-order valence-corrected chi connectivity index (χ1v) is 10.8. The summed E-state index contributed by atoms with van der Waals surface area (Å²) in [4.78, 5) is 27.1. The summed E-state index contributed by atoms with van der Waals surface area (Å²) in [5.41, 5.74) is 2.27. The van der Waals surface area contributed by atoms with E-state index in [9.17, 15) is 14.0 Å². The zero-order chi connectivity index (χ0) is 22.5. The van der Waals surface area contributed by atoms with E-state index in [1.165, 1.54) is 12.1 Å². The molecule has 1 heterocycles. The Kier molecular flexibility index (Phi) is 6.71. The number of halogens is 2. The highest BCUT2D eigenvalue weighted by Gasteiger charge is 2.25. The monoisotopic (exact) mass is 451 g/mol. The fraction of sp³-hybridized carbons (Fsp3) is 0.200. The lowest BCUT2D eigenvalue weighted by Gasteiger charge is -2.33. The Morgan fingerprint density at radius 3 is 2.53 bits per heavy atom. The fourth-order valence-electron chi connectivity index (χ4n) is 3.86. The summed E-state index contributed by atoms with van der Waals surface area (Å²) in [6, 6.07) is 20.2. The van der Waals surface area contributed by atoms with Crippen LogP contribution >= 0.6 is 11.6 Å². The van der Waals surface area contributed by atoms with Gasteiger partial charge in [-0.15, -0.1) is 0 Å². The van der Waals surface area contributed by atoms with Gasteiger partial charge >= 0.3 is 6.03 Å². The average molecular weight is 452 g/mol. The van der Waals surface area contributed by atoms with Crippen molar-refractivity contribution in [1.82, 2.24) is 4.90 Å². The lowest BCUT2D eigenvalue weighted by atomic mass is 9.89. The third-order valence-corrected chi connectivity index (χ3v) is 5.80. The maximum atomic E-state index is 13.9. The molecule has 4 rings (SSSR count). The lowest BCUT2D eigenvalue weighted by molar-refractivity contribution is 0.102. The number of hydrogen-bond donors (Lipinski definition) is 2. The second kappa shape index (κ2) is 9.83. The first-order valence-electron chi connectivity index (χ1n) is 10.5. The van der Waals surface area contributed by atoms with E-state index in [1.807, 2.05) is 18.2 Å². The Balaban J connectivity index is 1.43. The van der Waals surface area contributed by atoms with Crippen molar-refractivity contribution in [3.05, 3.63) is 94.8 Å². The number of anilines is 2. The Morgan fingerprint density at radius 1 is 0.969 bits per heavy atom. The molecule has 0 unspecified atom stereocenters. The van der Waals surface area contributed by atoms with Gasteiger partial charge in [-0.2, -0.15) is 0 Å². The third-order valence-electron chi connectivity index (χ3n) is 5.55. The van der Waals surface area contributed by atoms with Crippen LogP contribution in [0.1, 0.15) is 34.7 Å². The second-order valence-electron chi connectivity index (χ2n) is 7.78. The van der Waals surface area contributed by atoms with Gasteiger partial charge in [-0.25, -0.2) is 9.18 Å². The maximum absolute atomic E-state index is 13.9. The Labute approximate surface area is 191 Å². The molecule has 0 bridgehead atoms. The number of likely N-dealkylation sites (tertiary alicyclic amines) is 1. The molecule has 3 aromatic carbocycles. The number of piperidine rings is 1. The van der Waals surface area contributed by atoms with Gasteiger partial charge in [-0.1, -0.05) is 35.9 Å². The molecule has 1 aliphatic heterocycles. The van der Waals surface area contributed by atoms with Crippen molar-refractivity contribution in [2.45, 2.75) is 18.8 Å². The lowest BCUT2D eigenvalue weighted by Crippen LogP contribution is -2.41. The van der Waals surface area contributed by atoms with Crippen molar-refractivity contribution in [3.8, 4) is 0 Å². The molecule has 1 saturated heterocycles. The Hall–Kier alpha value is -3.38. The second-order valence-corrected chi connectivity index (χ2v) is 8.22. The van der Waals surface area contributed by atoms with E-state index < -0.39 is 5.82 Å². The molecule has 0 radical (unpaired) electrons. The van der Waals surface area contributed by atoms with Gasteiger partial charge in [0.15, 0.2) is 0 Å². The summed E-state index contributed by atoms with van der Waals surface area (Å²) in [5, 5.41) is 6.13. The van der Waals surface area contributed by atoms with Crippen LogP contribution in [-0.2, 0) is 0 Å². The van der Waals surface area contributed by atoms with E-state index in [2.05, 4.69) is 10.6 Å². The number of nitrogens with one attached hydrogen (secondary N) is 2. The molecule has 0 spiro atoms. The summed E-state index contributed by atoms with van der Waals surface area (Å²) in [7, 11) is 0. The number of nitrogens with zero attached hydrogens (tertiary/aromatic N) is 1. The van der Waals surface area contributed by atoms with Crippen LogP contribution in [0.25, 0.3) is 0 Å². The summed E-state index contributed by atoms with van der Waals surface area (Å²) in [6.45, 7) is 1.22. The molecule has 3 aromatic rings. The smallest absolute Gasteiger partial charge is 0.321 e. The molecule has 5 nitrogen and oxygen atoms in total. The van der Waals surface area contributed by atoms with Gasteiger partial charge in [0.1, 0.15) is 5.82 Å². The van der Waals surface area contributed by atoms with Crippen LogP contribution in [0.4, 0.5) is 20.6 Å². The van der Waals surface area contributed by atoms with Gasteiger partial charge in [0, 0.05) is 35.3 Å². The number of amides is 3. The summed E-state index contributed by atoms with van der Waals surface area (Å²) >= 11 is 5.90. The van der Waals surface area contributed by atoms with Gasteiger partial charge in [0.2, 0.25) is 0 Å². The molecular weight excluding hydrogens is 429 g/mol. The number of rotatable bonds is 4. The van der Waals surface area contributed by atoms with Crippen LogP contribution < -0.4 is 10.6 Å². The predicted molar refractivity (Wildman–Crippen MR) is 125 cm³/mol. The minimum atomic E-state index is -0.480. The zero-order valence-electron chi connectivity index (χ0n) is 17.4. The fourth-order valence-corrected chi connectivity index (χ4v) is 3.99. The molecule has 0 saturated carbocycles. The number of hydrogen-bond acceptors (Lipinski definition) is 2. The number of carbonyl (C=O) groups excluding carboxylic acids is 2. The highest BCUT2D eigenvalue weighted by Crippen LogP contribution is 2.28. The van der Waals surface area contributed by atoms with Gasteiger partial charge in [-0.3, -0.25) is 4.79 Å². The minimum Gasteiger partial charge on any atom is -0.324 e. The van der Waals surface area contributed by atoms with Crippen LogP contribution in [0.3, 0.4) is 0 Å². The van der Waals surface area contributed by atoms with Crippen molar-refractivity contribution in [3.63, 3.8) is 0 Å². The number of carbonyl (C=O) groups is 2. The molecule has 2 N–H and O–H groups in total. The number of benzene rings is 3. The van der Waals surface area contributed by atoms with Gasteiger partial charge < -0.3 is 15.5 Å². The van der Waals surface area contributed by atoms with E-state index in [1.54, 1.807) is 47.4 Å². The largest absolute Gasteiger partial charge is 0.324 e. The Bertz CT molecular complexity index is 1120. The molecule has 1 atom stereocenters. The molecule has 32 heavy (non-hydrogen) atoms. The van der Waals surface area contributed by atoms with Gasteiger partial charge in [-0.05, 0) is 66.9 Å². The normalized spacial score (nSPS) is 15.8. The van der Waals surface area contributed by atoms with Gasteiger partial charge in [0.05, 0.1) is 5.69 Å². The van der Waals surface area contributed by atoms with Crippen LogP contribution in [-0.4, -0.2) is 29.9 Å². The van der Waals surface area contributed by atoms with Crippen LogP contribution in [0.5, 0.6) is 0 Å². The molecule has 164 valence electrons. The minimum absolute atomic E-state index is 0.112. The summed E-state index contributed by atoms with van der Waals surface area (Å²) in [6.07, 6.45) is 1.79. The van der Waals surface area contributed by atoms with Crippen molar-refractivity contribution in [2.24, 2.45) is 0 Å². The number of para-hydroxylation sites is 1. The van der Waals surface area contributed by atoms with E-state index in [0.29, 0.717) is 29.4 Å². The first kappa shape index (κ1) is 21.8. The van der Waals surface area contributed by atoms with E-state index in [-0.39, 0.29) is 23.5 Å². The summed E-state index contributed by atoms with van der Waals surface area (Å²) in [5.74, 6) is -0.738. The molecule has 3 amide bonds. The molecule has 1 fully saturated rings. The van der Waals surface area contributed by atoms with E-state index in [4.69, 9.17) is 11.6 Å². The molecule has 1 aliphatic rings. The summed E-state index contributed by atoms with van der Waals surface area (Å²) < 4.78 is 13.9. The first-order chi connectivity index (χ1) is 15.5. The number of urea groups is 1. The molecule has 0 aromatic heterocycles. The van der Waals surface area contributed by atoms with Crippen molar-refractivity contribution in [1.29, 1.82) is 0 Å². The van der Waals surface area contributed by atoms with Crippen LogP contribution in [0, 0.1) is 5.82 Å². The third kappa shape index (κ3) is 5.26. The quantitative estimate of drug-likeness (QED) is 0.500. The molecular formula is C25H23ClFN3O2. The van der Waals surface area contributed by atoms with Crippen LogP contribution in [0.2, 0.25) is 5.02 Å². The predicted octanol–water partition coefficient (Wildman–Crippen LogP) is 6.14. The average Bonchev–Trinajstić information content (AvgIpc) is 2.82. The van der Waals surface area contributed by atoms with Crippen LogP contribution in [0.15, 0.2) is 72.8 Å². The SMILES string of the molecule is O=C(Nc1ccccc1F)c1cccc([C@@H]2CCCN(C(=O)Nc3ccc(Cl)cc3)C2)c1. The zero-order valence-corrected chi connectivity index (χ0v) is 18.1. The molecule has 0 aliphatic carbocycles. The highest BCUT2D eigenvalue weighted by atomic mass is 35.5. The van der Waals surface area contributed by atoms with E-state index >= 15 is 0 Å². The highest BCUT2D eigenvalue weighted by molar-refractivity contribution is 6.30. The van der Waals surface area contributed by atoms with Crippen molar-refractivity contribution in [2.75, 3.05) is 23.7 Å². The maximum Gasteiger partial charge on any atom is 0.321 e. The van der Waals surface area contributed by atoms with E-state index in [0.717, 1.165) is 18.4 Å². The van der Waals surface area contributed by atoms with Crippen molar-refractivity contribution < 1.29 is 14.0 Å². The standard InChI is InChI=1S/C25H23ClFN3O2/c26-20-10-12-21(13-11-20)28-25(32)30-14-4-7-19(16-30)17-5-3-6-18(15-17)24(31)29-23-9-2-1-8-22(23)27/h1-3,5-6,8-13,15,19H,4,7,14,16H2,(H,28,32)(H,29,31)/t19-/m1/s1. The topological polar surface area (TPSA) is 61.4 Å². The van der Waals surface area contributed by atoms with Gasteiger partial charge in [0.25, 0.3) is 5.91 Å². The molecule has 7 heteroatoms.